The van der Waals surface area contributed by atoms with Crippen molar-refractivity contribution in [3.63, 3.8) is 0 Å². The van der Waals surface area contributed by atoms with Gasteiger partial charge < -0.3 is 24.8 Å². The van der Waals surface area contributed by atoms with Crippen LogP contribution in [0.3, 0.4) is 0 Å². The third kappa shape index (κ3) is 5.10. The summed E-state index contributed by atoms with van der Waals surface area (Å²) in [6, 6.07) is 5.63. The number of amides is 1. The molecule has 7 nitrogen and oxygen atoms in total. The van der Waals surface area contributed by atoms with Gasteiger partial charge in [0.25, 0.3) is 5.91 Å². The summed E-state index contributed by atoms with van der Waals surface area (Å²) in [7, 11) is 0. The molecule has 2 heterocycles. The predicted molar refractivity (Wildman–Crippen MR) is 131 cm³/mol. The molecule has 0 bridgehead atoms. The van der Waals surface area contributed by atoms with Gasteiger partial charge in [-0.2, -0.15) is 5.26 Å². The fraction of sp³-hybridized carbons (Fsp3) is 0.520. The maximum absolute atomic E-state index is 13.3. The second-order valence-electron chi connectivity index (χ2n) is 9.09. The van der Waals surface area contributed by atoms with Crippen molar-refractivity contribution in [2.45, 2.75) is 66.0 Å². The van der Waals surface area contributed by atoms with Gasteiger partial charge >= 0.3 is 0 Å². The zero-order valence-electron chi connectivity index (χ0n) is 20.5. The molecule has 0 radical (unpaired) electrons. The number of hydrogen-bond donors (Lipinski definition) is 2. The molecule has 8 heteroatoms. The lowest BCUT2D eigenvalue weighted by Crippen LogP contribution is -2.54. The molecule has 33 heavy (non-hydrogen) atoms. The van der Waals surface area contributed by atoms with Gasteiger partial charge in [-0.1, -0.05) is 0 Å². The monoisotopic (exact) mass is 471 g/mol. The molecule has 2 N–H and O–H groups in total. The molecule has 3 rings (SSSR count). The van der Waals surface area contributed by atoms with Crippen molar-refractivity contribution in [3.05, 3.63) is 33.7 Å². The van der Waals surface area contributed by atoms with Crippen molar-refractivity contribution < 1.29 is 19.0 Å². The van der Waals surface area contributed by atoms with Crippen molar-refractivity contribution in [1.82, 2.24) is 5.32 Å². The van der Waals surface area contributed by atoms with Crippen LogP contribution in [0.2, 0.25) is 0 Å². The lowest BCUT2D eigenvalue weighted by atomic mass is 9.81. The molecule has 0 fully saturated rings. The summed E-state index contributed by atoms with van der Waals surface area (Å²) < 4.78 is 17.2. The minimum absolute atomic E-state index is 0.154. The van der Waals surface area contributed by atoms with Crippen LogP contribution >= 0.6 is 11.3 Å². The number of benzene rings is 1. The number of nitriles is 1. The van der Waals surface area contributed by atoms with Crippen LogP contribution in [0.25, 0.3) is 0 Å². The van der Waals surface area contributed by atoms with Crippen LogP contribution in [0.4, 0.5) is 5.00 Å². The van der Waals surface area contributed by atoms with E-state index in [0.29, 0.717) is 59.6 Å². The van der Waals surface area contributed by atoms with E-state index in [2.05, 4.69) is 44.4 Å². The van der Waals surface area contributed by atoms with Gasteiger partial charge in [0.1, 0.15) is 11.1 Å². The lowest BCUT2D eigenvalue weighted by Gasteiger charge is -2.42. The Morgan fingerprint density at radius 2 is 1.67 bits per heavy atom. The molecular weight excluding hydrogens is 438 g/mol. The van der Waals surface area contributed by atoms with Crippen LogP contribution in [0.5, 0.6) is 17.2 Å². The van der Waals surface area contributed by atoms with E-state index in [1.54, 1.807) is 12.1 Å². The second kappa shape index (κ2) is 9.62. The molecule has 0 aliphatic carbocycles. The van der Waals surface area contributed by atoms with Crippen LogP contribution in [0.15, 0.2) is 12.1 Å². The summed E-state index contributed by atoms with van der Waals surface area (Å²) in [4.78, 5) is 14.4. The Morgan fingerprint density at radius 3 is 2.18 bits per heavy atom. The predicted octanol–water partition coefficient (Wildman–Crippen LogP) is 5.23. The number of ether oxygens (including phenoxy) is 3. The lowest BCUT2D eigenvalue weighted by molar-refractivity contribution is 0.102. The van der Waals surface area contributed by atoms with Crippen LogP contribution in [-0.4, -0.2) is 31.3 Å². The van der Waals surface area contributed by atoms with Crippen molar-refractivity contribution in [3.8, 4) is 23.3 Å². The number of fused-ring (bicyclic) bond motifs is 1. The maximum atomic E-state index is 13.3. The molecular formula is C25H33N3O4S. The standard InChI is InChI=1S/C25H33N3O4S/c1-8-30-18-11-15(12-19(31-9-2)20(18)32-10-3)22(29)27-23-17(14-26)16-13-24(4,5)28-25(6,7)21(16)33-23/h11-12,28H,8-10,13H2,1-7H3,(H,27,29). The van der Waals surface area contributed by atoms with E-state index in [1.165, 1.54) is 11.3 Å². The Balaban J connectivity index is 2.01. The molecule has 0 atom stereocenters. The molecule has 0 saturated heterocycles. The minimum atomic E-state index is -0.333. The minimum Gasteiger partial charge on any atom is -0.490 e. The van der Waals surface area contributed by atoms with Gasteiger partial charge in [0, 0.05) is 21.5 Å². The number of carbonyl (C=O) groups excluding carboxylic acids is 1. The SMILES string of the molecule is CCOc1cc(C(=O)Nc2sc3c(c2C#N)CC(C)(C)NC3(C)C)cc(OCC)c1OCC. The highest BCUT2D eigenvalue weighted by molar-refractivity contribution is 7.17. The smallest absolute Gasteiger partial charge is 0.256 e. The number of hydrogen-bond acceptors (Lipinski definition) is 7. The Hall–Kier alpha value is -2.76. The summed E-state index contributed by atoms with van der Waals surface area (Å²) in [6.07, 6.45) is 0.715. The van der Waals surface area contributed by atoms with Crippen LogP contribution in [0, 0.1) is 11.3 Å². The third-order valence-corrected chi connectivity index (χ3v) is 6.83. The second-order valence-corrected chi connectivity index (χ2v) is 10.1. The Morgan fingerprint density at radius 1 is 1.09 bits per heavy atom. The molecule has 1 aliphatic heterocycles. The molecule has 0 spiro atoms. The molecule has 0 saturated carbocycles. The van der Waals surface area contributed by atoms with Gasteiger partial charge in [0.15, 0.2) is 11.5 Å². The van der Waals surface area contributed by atoms with Crippen molar-refractivity contribution in [1.29, 1.82) is 5.26 Å². The maximum Gasteiger partial charge on any atom is 0.256 e. The van der Waals surface area contributed by atoms with Gasteiger partial charge in [-0.3, -0.25) is 4.79 Å². The number of thiophene rings is 1. The first kappa shape index (κ1) is 24.9. The molecule has 2 aromatic rings. The van der Waals surface area contributed by atoms with Crippen molar-refractivity contribution in [2.24, 2.45) is 0 Å². The van der Waals surface area contributed by atoms with E-state index < -0.39 is 0 Å². The van der Waals surface area contributed by atoms with E-state index in [9.17, 15) is 10.1 Å². The molecule has 178 valence electrons. The Labute approximate surface area is 200 Å². The van der Waals surface area contributed by atoms with E-state index in [0.717, 1.165) is 10.4 Å². The summed E-state index contributed by atoms with van der Waals surface area (Å²) >= 11 is 1.45. The molecule has 1 aromatic heterocycles. The molecule has 0 unspecified atom stereocenters. The first-order valence-corrected chi connectivity index (χ1v) is 12.1. The molecule has 1 amide bonds. The summed E-state index contributed by atoms with van der Waals surface area (Å²) in [5, 5.41) is 17.1. The van der Waals surface area contributed by atoms with E-state index in [1.807, 2.05) is 20.8 Å². The van der Waals surface area contributed by atoms with Crippen LogP contribution in [0.1, 0.15) is 74.8 Å². The summed E-state index contributed by atoms with van der Waals surface area (Å²) in [5.74, 6) is 1.05. The number of anilines is 1. The first-order valence-electron chi connectivity index (χ1n) is 11.3. The number of rotatable bonds is 8. The fourth-order valence-electron chi connectivity index (χ4n) is 4.43. The molecule has 1 aromatic carbocycles. The van der Waals surface area contributed by atoms with Crippen LogP contribution < -0.4 is 24.8 Å². The van der Waals surface area contributed by atoms with Gasteiger partial charge in [0.2, 0.25) is 5.75 Å². The Kier molecular flexibility index (Phi) is 7.25. The van der Waals surface area contributed by atoms with Crippen LogP contribution in [-0.2, 0) is 12.0 Å². The quantitative estimate of drug-likeness (QED) is 0.548. The zero-order chi connectivity index (χ0) is 24.4. The van der Waals surface area contributed by atoms with Crippen molar-refractivity contribution in [2.75, 3.05) is 25.1 Å². The number of nitrogens with one attached hydrogen (secondary N) is 2. The topological polar surface area (TPSA) is 92.6 Å². The highest BCUT2D eigenvalue weighted by atomic mass is 32.1. The number of nitrogens with zero attached hydrogens (tertiary/aromatic N) is 1. The van der Waals surface area contributed by atoms with E-state index >= 15 is 0 Å². The normalized spacial score (nSPS) is 15.8. The summed E-state index contributed by atoms with van der Waals surface area (Å²) in [5.41, 5.74) is 1.45. The average molecular weight is 472 g/mol. The Bertz CT molecular complexity index is 1060. The average Bonchev–Trinajstić information content (AvgIpc) is 3.06. The highest BCUT2D eigenvalue weighted by Crippen LogP contribution is 2.45. The van der Waals surface area contributed by atoms with Crippen molar-refractivity contribution >= 4 is 22.2 Å². The zero-order valence-corrected chi connectivity index (χ0v) is 21.3. The third-order valence-electron chi connectivity index (χ3n) is 5.35. The van der Waals surface area contributed by atoms with Gasteiger partial charge in [0.05, 0.1) is 25.4 Å². The van der Waals surface area contributed by atoms with E-state index in [4.69, 9.17) is 14.2 Å². The first-order chi connectivity index (χ1) is 15.6. The van der Waals surface area contributed by atoms with Gasteiger partial charge in [-0.05, 0) is 72.6 Å². The summed E-state index contributed by atoms with van der Waals surface area (Å²) in [6.45, 7) is 15.4. The fourth-order valence-corrected chi connectivity index (χ4v) is 5.65. The highest BCUT2D eigenvalue weighted by Gasteiger charge is 2.40. The molecule has 1 aliphatic rings. The van der Waals surface area contributed by atoms with E-state index in [-0.39, 0.29) is 17.0 Å². The van der Waals surface area contributed by atoms with Gasteiger partial charge in [-0.15, -0.1) is 11.3 Å². The largest absolute Gasteiger partial charge is 0.490 e. The number of carbonyl (C=O) groups is 1. The van der Waals surface area contributed by atoms with Gasteiger partial charge in [-0.25, -0.2) is 0 Å².